The first kappa shape index (κ1) is 12.8. The summed E-state index contributed by atoms with van der Waals surface area (Å²) in [5.74, 6) is 0.536. The SMILES string of the molecule is COCC(C)CNc1ccc(I)cc1C. The van der Waals surface area contributed by atoms with Crippen LogP contribution in [0.1, 0.15) is 12.5 Å². The van der Waals surface area contributed by atoms with Crippen molar-refractivity contribution in [3.8, 4) is 0 Å². The average molecular weight is 319 g/mol. The van der Waals surface area contributed by atoms with Gasteiger partial charge < -0.3 is 10.1 Å². The van der Waals surface area contributed by atoms with Crippen molar-refractivity contribution < 1.29 is 4.74 Å². The number of hydrogen-bond donors (Lipinski definition) is 1. The van der Waals surface area contributed by atoms with Crippen LogP contribution >= 0.6 is 22.6 Å². The van der Waals surface area contributed by atoms with Crippen molar-refractivity contribution in [3.63, 3.8) is 0 Å². The molecule has 0 saturated carbocycles. The van der Waals surface area contributed by atoms with Gasteiger partial charge in [-0.1, -0.05) is 6.92 Å². The lowest BCUT2D eigenvalue weighted by Crippen LogP contribution is -2.16. The van der Waals surface area contributed by atoms with Gasteiger partial charge in [-0.2, -0.15) is 0 Å². The predicted molar refractivity (Wildman–Crippen MR) is 73.4 cm³/mol. The fourth-order valence-electron chi connectivity index (χ4n) is 1.45. The van der Waals surface area contributed by atoms with Crippen LogP contribution in [0.2, 0.25) is 0 Å². The summed E-state index contributed by atoms with van der Waals surface area (Å²) in [5, 5.41) is 3.44. The standard InChI is InChI=1S/C12H18INO/c1-9(8-15-3)7-14-12-5-4-11(13)6-10(12)2/h4-6,9,14H,7-8H2,1-3H3. The fourth-order valence-corrected chi connectivity index (χ4v) is 2.10. The van der Waals surface area contributed by atoms with E-state index in [1.807, 2.05) is 0 Å². The Morgan fingerprint density at radius 2 is 2.20 bits per heavy atom. The fraction of sp³-hybridized carbons (Fsp3) is 0.500. The topological polar surface area (TPSA) is 21.3 Å². The number of benzene rings is 1. The molecule has 3 heteroatoms. The van der Waals surface area contributed by atoms with Crippen LogP contribution in [0.25, 0.3) is 0 Å². The normalized spacial score (nSPS) is 12.5. The van der Waals surface area contributed by atoms with Crippen molar-refractivity contribution in [3.05, 3.63) is 27.3 Å². The minimum absolute atomic E-state index is 0.536. The molecule has 1 atom stereocenters. The summed E-state index contributed by atoms with van der Waals surface area (Å²) >= 11 is 2.33. The summed E-state index contributed by atoms with van der Waals surface area (Å²) in [5.41, 5.74) is 2.52. The molecule has 1 aromatic carbocycles. The molecule has 1 N–H and O–H groups in total. The highest BCUT2D eigenvalue weighted by Crippen LogP contribution is 2.17. The molecule has 84 valence electrons. The Hall–Kier alpha value is -0.290. The predicted octanol–water partition coefficient (Wildman–Crippen LogP) is 3.29. The third-order valence-corrected chi connectivity index (χ3v) is 2.95. The Morgan fingerprint density at radius 3 is 2.80 bits per heavy atom. The maximum Gasteiger partial charge on any atom is 0.0504 e. The van der Waals surface area contributed by atoms with Crippen molar-refractivity contribution in [1.82, 2.24) is 0 Å². The number of aryl methyl sites for hydroxylation is 1. The van der Waals surface area contributed by atoms with Gasteiger partial charge in [0.25, 0.3) is 0 Å². The van der Waals surface area contributed by atoms with E-state index in [9.17, 15) is 0 Å². The smallest absolute Gasteiger partial charge is 0.0504 e. The zero-order valence-electron chi connectivity index (χ0n) is 9.51. The van der Waals surface area contributed by atoms with Gasteiger partial charge in [-0.15, -0.1) is 0 Å². The van der Waals surface area contributed by atoms with Gasteiger partial charge in [0.1, 0.15) is 0 Å². The minimum atomic E-state index is 0.536. The van der Waals surface area contributed by atoms with E-state index in [0.29, 0.717) is 5.92 Å². The molecule has 1 aromatic rings. The van der Waals surface area contributed by atoms with E-state index in [0.717, 1.165) is 13.2 Å². The molecule has 0 saturated heterocycles. The first-order valence-corrected chi connectivity index (χ1v) is 6.20. The van der Waals surface area contributed by atoms with Crippen LogP contribution in [0.15, 0.2) is 18.2 Å². The summed E-state index contributed by atoms with van der Waals surface area (Å²) in [6.07, 6.45) is 0. The maximum atomic E-state index is 5.10. The Bertz CT molecular complexity index is 314. The average Bonchev–Trinajstić information content (AvgIpc) is 2.17. The third-order valence-electron chi connectivity index (χ3n) is 2.28. The maximum absolute atomic E-state index is 5.10. The van der Waals surface area contributed by atoms with Crippen molar-refractivity contribution in [2.75, 3.05) is 25.6 Å². The third kappa shape index (κ3) is 4.38. The molecule has 0 amide bonds. The molecule has 15 heavy (non-hydrogen) atoms. The molecule has 0 spiro atoms. The first-order valence-electron chi connectivity index (χ1n) is 5.12. The van der Waals surface area contributed by atoms with Crippen LogP contribution in [0, 0.1) is 16.4 Å². The zero-order valence-corrected chi connectivity index (χ0v) is 11.7. The van der Waals surface area contributed by atoms with Gasteiger partial charge >= 0.3 is 0 Å². The number of methoxy groups -OCH3 is 1. The van der Waals surface area contributed by atoms with E-state index in [4.69, 9.17) is 4.74 Å². The molecule has 0 aliphatic rings. The summed E-state index contributed by atoms with van der Waals surface area (Å²) < 4.78 is 6.38. The second-order valence-electron chi connectivity index (χ2n) is 3.90. The Balaban J connectivity index is 2.50. The Kier molecular flexibility index (Phi) is 5.39. The van der Waals surface area contributed by atoms with Crippen molar-refractivity contribution in [2.45, 2.75) is 13.8 Å². The highest BCUT2D eigenvalue weighted by molar-refractivity contribution is 14.1. The molecule has 0 aromatic heterocycles. The summed E-state index contributed by atoms with van der Waals surface area (Å²) in [7, 11) is 1.74. The lowest BCUT2D eigenvalue weighted by Gasteiger charge is -2.14. The van der Waals surface area contributed by atoms with Crippen LogP contribution in [-0.2, 0) is 4.74 Å². The monoisotopic (exact) mass is 319 g/mol. The van der Waals surface area contributed by atoms with Gasteiger partial charge in [-0.3, -0.25) is 0 Å². The Morgan fingerprint density at radius 1 is 1.47 bits per heavy atom. The van der Waals surface area contributed by atoms with Gasteiger partial charge in [0.05, 0.1) is 6.61 Å². The van der Waals surface area contributed by atoms with Crippen LogP contribution < -0.4 is 5.32 Å². The van der Waals surface area contributed by atoms with Crippen molar-refractivity contribution >= 4 is 28.3 Å². The molecule has 1 rings (SSSR count). The van der Waals surface area contributed by atoms with E-state index in [-0.39, 0.29) is 0 Å². The summed E-state index contributed by atoms with van der Waals surface area (Å²) in [6, 6.07) is 6.44. The molecule has 0 aliphatic carbocycles. The molecular formula is C12H18INO. The lowest BCUT2D eigenvalue weighted by molar-refractivity contribution is 0.164. The first-order chi connectivity index (χ1) is 7.13. The molecular weight excluding hydrogens is 301 g/mol. The van der Waals surface area contributed by atoms with Gasteiger partial charge in [-0.25, -0.2) is 0 Å². The summed E-state index contributed by atoms with van der Waals surface area (Å²) in [4.78, 5) is 0. The van der Waals surface area contributed by atoms with E-state index in [1.54, 1.807) is 7.11 Å². The number of rotatable bonds is 5. The molecule has 0 fully saturated rings. The van der Waals surface area contributed by atoms with Crippen LogP contribution in [0.4, 0.5) is 5.69 Å². The number of hydrogen-bond acceptors (Lipinski definition) is 2. The Labute approximate surface area is 106 Å². The number of nitrogens with one attached hydrogen (secondary N) is 1. The lowest BCUT2D eigenvalue weighted by atomic mass is 10.1. The van der Waals surface area contributed by atoms with Gasteiger partial charge in [-0.05, 0) is 59.2 Å². The van der Waals surface area contributed by atoms with E-state index >= 15 is 0 Å². The van der Waals surface area contributed by atoms with E-state index < -0.39 is 0 Å². The second kappa shape index (κ2) is 6.33. The highest BCUT2D eigenvalue weighted by Gasteiger charge is 2.02. The molecule has 0 aliphatic heterocycles. The van der Waals surface area contributed by atoms with Crippen LogP contribution in [-0.4, -0.2) is 20.3 Å². The van der Waals surface area contributed by atoms with Crippen molar-refractivity contribution in [2.24, 2.45) is 5.92 Å². The zero-order chi connectivity index (χ0) is 11.3. The summed E-state index contributed by atoms with van der Waals surface area (Å²) in [6.45, 7) is 6.07. The minimum Gasteiger partial charge on any atom is -0.384 e. The molecule has 0 bridgehead atoms. The number of ether oxygens (including phenoxy) is 1. The van der Waals surface area contributed by atoms with Gasteiger partial charge in [0.15, 0.2) is 0 Å². The van der Waals surface area contributed by atoms with E-state index in [1.165, 1.54) is 14.8 Å². The van der Waals surface area contributed by atoms with E-state index in [2.05, 4.69) is 60.0 Å². The van der Waals surface area contributed by atoms with Gasteiger partial charge in [0.2, 0.25) is 0 Å². The quantitative estimate of drug-likeness (QED) is 0.841. The van der Waals surface area contributed by atoms with Crippen molar-refractivity contribution in [1.29, 1.82) is 0 Å². The van der Waals surface area contributed by atoms with Crippen LogP contribution in [0.5, 0.6) is 0 Å². The van der Waals surface area contributed by atoms with Gasteiger partial charge in [0, 0.05) is 22.9 Å². The molecule has 0 heterocycles. The molecule has 2 nitrogen and oxygen atoms in total. The largest absolute Gasteiger partial charge is 0.384 e. The number of halogens is 1. The second-order valence-corrected chi connectivity index (χ2v) is 5.15. The number of anilines is 1. The molecule has 0 radical (unpaired) electrons. The highest BCUT2D eigenvalue weighted by atomic mass is 127. The van der Waals surface area contributed by atoms with Crippen LogP contribution in [0.3, 0.4) is 0 Å². The molecule has 1 unspecified atom stereocenters.